The van der Waals surface area contributed by atoms with Crippen molar-refractivity contribution in [2.24, 2.45) is 0 Å². The second-order valence-corrected chi connectivity index (χ2v) is 5.50. The van der Waals surface area contributed by atoms with E-state index in [0.717, 1.165) is 11.4 Å². The average molecular weight is 321 g/mol. The van der Waals surface area contributed by atoms with Gasteiger partial charge in [0, 0.05) is 23.7 Å². The van der Waals surface area contributed by atoms with E-state index in [0.29, 0.717) is 11.0 Å². The first-order chi connectivity index (χ1) is 10.4. The van der Waals surface area contributed by atoms with E-state index in [4.69, 9.17) is 5.11 Å². The molecule has 0 radical (unpaired) electrons. The predicted octanol–water partition coefficient (Wildman–Crippen LogP) is 1.11. The molecule has 0 fully saturated rings. The Bertz CT molecular complexity index is 680. The summed E-state index contributed by atoms with van der Waals surface area (Å²) in [6.45, 7) is 3.49. The maximum Gasteiger partial charge on any atom is 0.325 e. The molecule has 0 saturated heterocycles. The third kappa shape index (κ3) is 4.85. The number of hydrogen-bond donors (Lipinski definition) is 2. The van der Waals surface area contributed by atoms with Crippen LogP contribution in [0.2, 0.25) is 0 Å². The quantitative estimate of drug-likeness (QED) is 0.605. The number of aryl methyl sites for hydroxylation is 2. The van der Waals surface area contributed by atoms with Crippen molar-refractivity contribution < 1.29 is 14.7 Å². The molecular weight excluding hydrogens is 306 g/mol. The molecule has 2 heterocycles. The van der Waals surface area contributed by atoms with E-state index < -0.39 is 5.97 Å². The Morgan fingerprint density at radius 1 is 1.32 bits per heavy atom. The van der Waals surface area contributed by atoms with Crippen LogP contribution < -0.4 is 5.32 Å². The number of amides is 1. The highest BCUT2D eigenvalue weighted by atomic mass is 32.2. The number of carbonyl (C=O) groups is 2. The molecule has 2 rings (SSSR count). The summed E-state index contributed by atoms with van der Waals surface area (Å²) in [6, 6.07) is 3.40. The third-order valence-electron chi connectivity index (χ3n) is 2.50. The van der Waals surface area contributed by atoms with Crippen molar-refractivity contribution in [1.82, 2.24) is 19.7 Å². The van der Waals surface area contributed by atoms with Gasteiger partial charge in [0.15, 0.2) is 11.0 Å². The third-order valence-corrected chi connectivity index (χ3v) is 3.35. The van der Waals surface area contributed by atoms with Crippen LogP contribution in [0.5, 0.6) is 0 Å². The molecule has 0 bridgehead atoms. The normalized spacial score (nSPS) is 10.5. The van der Waals surface area contributed by atoms with Gasteiger partial charge in [0.1, 0.15) is 6.54 Å². The monoisotopic (exact) mass is 321 g/mol. The highest BCUT2D eigenvalue weighted by Crippen LogP contribution is 2.14. The molecule has 0 aliphatic rings. The summed E-state index contributed by atoms with van der Waals surface area (Å²) in [5, 5.41) is 15.7. The first-order valence-corrected chi connectivity index (χ1v) is 7.41. The maximum absolute atomic E-state index is 11.8. The van der Waals surface area contributed by atoms with Crippen LogP contribution in [-0.2, 0) is 16.1 Å². The maximum atomic E-state index is 11.8. The summed E-state index contributed by atoms with van der Waals surface area (Å²) in [4.78, 5) is 30.9. The Balaban J connectivity index is 1.87. The lowest BCUT2D eigenvalue weighted by molar-refractivity contribution is -0.137. The fourth-order valence-electron chi connectivity index (χ4n) is 1.72. The molecule has 9 heteroatoms. The van der Waals surface area contributed by atoms with E-state index in [1.54, 1.807) is 6.07 Å². The van der Waals surface area contributed by atoms with Crippen molar-refractivity contribution in [3.8, 4) is 0 Å². The summed E-state index contributed by atoms with van der Waals surface area (Å²) in [7, 11) is 0. The molecule has 8 nitrogen and oxygen atoms in total. The minimum atomic E-state index is -0.997. The van der Waals surface area contributed by atoms with Gasteiger partial charge in [-0.05, 0) is 19.9 Å². The van der Waals surface area contributed by atoms with Gasteiger partial charge in [-0.3, -0.25) is 14.3 Å². The van der Waals surface area contributed by atoms with E-state index in [1.165, 1.54) is 22.6 Å². The minimum Gasteiger partial charge on any atom is -0.480 e. The molecular formula is C13H15N5O3S. The van der Waals surface area contributed by atoms with E-state index in [-0.39, 0.29) is 18.2 Å². The molecule has 0 saturated carbocycles. The highest BCUT2D eigenvalue weighted by molar-refractivity contribution is 7.99. The summed E-state index contributed by atoms with van der Waals surface area (Å²) >= 11 is 1.23. The summed E-state index contributed by atoms with van der Waals surface area (Å²) in [5.74, 6) is -0.792. The van der Waals surface area contributed by atoms with Gasteiger partial charge in [0.05, 0.1) is 5.75 Å². The van der Waals surface area contributed by atoms with Crippen LogP contribution in [0.15, 0.2) is 23.5 Å². The largest absolute Gasteiger partial charge is 0.480 e. The van der Waals surface area contributed by atoms with Crippen molar-refractivity contribution in [3.63, 3.8) is 0 Å². The van der Waals surface area contributed by atoms with Gasteiger partial charge in [0.2, 0.25) is 5.91 Å². The van der Waals surface area contributed by atoms with E-state index in [1.807, 2.05) is 19.9 Å². The summed E-state index contributed by atoms with van der Waals surface area (Å²) in [6.07, 6.45) is 1.49. The van der Waals surface area contributed by atoms with E-state index in [9.17, 15) is 9.59 Å². The first kappa shape index (κ1) is 16.0. The number of carboxylic acid groups (broad SMARTS) is 1. The number of nitrogens with one attached hydrogen (secondary N) is 1. The topological polar surface area (TPSA) is 110 Å². The van der Waals surface area contributed by atoms with E-state index in [2.05, 4.69) is 20.4 Å². The van der Waals surface area contributed by atoms with Crippen molar-refractivity contribution in [1.29, 1.82) is 0 Å². The summed E-state index contributed by atoms with van der Waals surface area (Å²) in [5.41, 5.74) is 1.70. The lowest BCUT2D eigenvalue weighted by atomic mass is 10.4. The number of carbonyl (C=O) groups excluding carboxylic acids is 1. The van der Waals surface area contributed by atoms with Crippen LogP contribution in [0.1, 0.15) is 11.4 Å². The van der Waals surface area contributed by atoms with Crippen LogP contribution in [0.25, 0.3) is 0 Å². The number of carboxylic acids is 1. The van der Waals surface area contributed by atoms with Gasteiger partial charge >= 0.3 is 5.97 Å². The van der Waals surface area contributed by atoms with Gasteiger partial charge in [-0.1, -0.05) is 11.8 Å². The van der Waals surface area contributed by atoms with Crippen molar-refractivity contribution in [2.75, 3.05) is 11.1 Å². The molecule has 0 spiro atoms. The number of aromatic nitrogens is 4. The van der Waals surface area contributed by atoms with Crippen LogP contribution >= 0.6 is 11.8 Å². The predicted molar refractivity (Wildman–Crippen MR) is 80.7 cm³/mol. The van der Waals surface area contributed by atoms with Crippen LogP contribution in [-0.4, -0.2) is 42.5 Å². The van der Waals surface area contributed by atoms with Gasteiger partial charge in [0.25, 0.3) is 0 Å². The SMILES string of the molecule is Cc1cc(C)nc(SCC(=O)Nc2ccn(CC(=O)O)n2)n1. The molecule has 0 aliphatic carbocycles. The smallest absolute Gasteiger partial charge is 0.325 e. The van der Waals surface area contributed by atoms with E-state index >= 15 is 0 Å². The second-order valence-electron chi connectivity index (χ2n) is 4.56. The zero-order valence-corrected chi connectivity index (χ0v) is 12.9. The lowest BCUT2D eigenvalue weighted by Gasteiger charge is -2.03. The Hall–Kier alpha value is -2.42. The molecule has 0 aliphatic heterocycles. The Labute approximate surface area is 131 Å². The second kappa shape index (κ2) is 7.03. The molecule has 0 aromatic carbocycles. The molecule has 0 unspecified atom stereocenters. The molecule has 2 aromatic heterocycles. The molecule has 1 amide bonds. The van der Waals surface area contributed by atoms with Crippen LogP contribution in [0.4, 0.5) is 5.82 Å². The number of thioether (sulfide) groups is 1. The number of anilines is 1. The molecule has 116 valence electrons. The Morgan fingerprint density at radius 3 is 2.64 bits per heavy atom. The number of nitrogens with zero attached hydrogens (tertiary/aromatic N) is 4. The first-order valence-electron chi connectivity index (χ1n) is 6.42. The number of rotatable bonds is 6. The fraction of sp³-hybridized carbons (Fsp3) is 0.308. The van der Waals surface area contributed by atoms with Crippen molar-refractivity contribution in [2.45, 2.75) is 25.5 Å². The fourth-order valence-corrected chi connectivity index (χ4v) is 2.47. The Kier molecular flexibility index (Phi) is 5.10. The zero-order valence-electron chi connectivity index (χ0n) is 12.1. The Morgan fingerprint density at radius 2 is 2.00 bits per heavy atom. The summed E-state index contributed by atoms with van der Waals surface area (Å²) < 4.78 is 1.23. The highest BCUT2D eigenvalue weighted by Gasteiger charge is 2.09. The molecule has 2 N–H and O–H groups in total. The zero-order chi connectivity index (χ0) is 16.1. The standard InChI is InChI=1S/C13H15N5O3S/c1-8-5-9(2)15-13(14-8)22-7-11(19)16-10-3-4-18(17-10)6-12(20)21/h3-5H,6-7H2,1-2H3,(H,20,21)(H,16,17,19). The minimum absolute atomic E-state index is 0.148. The van der Waals surface area contributed by atoms with Crippen molar-refractivity contribution in [3.05, 3.63) is 29.7 Å². The average Bonchev–Trinajstić information content (AvgIpc) is 2.81. The van der Waals surface area contributed by atoms with Gasteiger partial charge in [-0.15, -0.1) is 0 Å². The van der Waals surface area contributed by atoms with Gasteiger partial charge < -0.3 is 10.4 Å². The van der Waals surface area contributed by atoms with Crippen molar-refractivity contribution >= 4 is 29.5 Å². The molecule has 0 atom stereocenters. The number of aliphatic carboxylic acids is 1. The van der Waals surface area contributed by atoms with Crippen LogP contribution in [0.3, 0.4) is 0 Å². The number of hydrogen-bond acceptors (Lipinski definition) is 6. The van der Waals surface area contributed by atoms with Crippen LogP contribution in [0, 0.1) is 13.8 Å². The van der Waals surface area contributed by atoms with Gasteiger partial charge in [-0.2, -0.15) is 5.10 Å². The lowest BCUT2D eigenvalue weighted by Crippen LogP contribution is -2.16. The van der Waals surface area contributed by atoms with Gasteiger partial charge in [-0.25, -0.2) is 9.97 Å². The molecule has 22 heavy (non-hydrogen) atoms. The molecule has 2 aromatic rings.